The van der Waals surface area contributed by atoms with E-state index < -0.39 is 0 Å². The smallest absolute Gasteiger partial charge is 0.407 e. The molecule has 4 heteroatoms. The summed E-state index contributed by atoms with van der Waals surface area (Å²) in [6.07, 6.45) is 1.52. The Hall–Kier alpha value is -0.770. The molecule has 1 N–H and O–H groups in total. The molecule has 78 valence electrons. The fourth-order valence-electron chi connectivity index (χ4n) is 0.793. The standard InChI is InChI=1S/C9H19NO3/c1-3-7-12-8-5-6-10-9(11)13-4-2/h3-8H2,1-2H3,(H,10,11). The Balaban J connectivity index is 3.02. The van der Waals surface area contributed by atoms with Crippen LogP contribution in [-0.2, 0) is 9.47 Å². The van der Waals surface area contributed by atoms with Crippen LogP contribution in [0.1, 0.15) is 26.7 Å². The molecule has 13 heavy (non-hydrogen) atoms. The lowest BCUT2D eigenvalue weighted by atomic mass is 10.4. The lowest BCUT2D eigenvalue weighted by molar-refractivity contribution is 0.128. The van der Waals surface area contributed by atoms with E-state index in [0.717, 1.165) is 19.4 Å². The molecular formula is C9H19NO3. The minimum absolute atomic E-state index is 0.349. The maximum atomic E-state index is 10.8. The molecule has 0 fully saturated rings. The fourth-order valence-corrected chi connectivity index (χ4v) is 0.793. The van der Waals surface area contributed by atoms with Gasteiger partial charge in [0.1, 0.15) is 0 Å². The highest BCUT2D eigenvalue weighted by molar-refractivity contribution is 5.66. The Morgan fingerprint density at radius 3 is 2.69 bits per heavy atom. The van der Waals surface area contributed by atoms with Crippen molar-refractivity contribution in [1.82, 2.24) is 5.32 Å². The van der Waals surface area contributed by atoms with Gasteiger partial charge in [0.05, 0.1) is 6.61 Å². The van der Waals surface area contributed by atoms with E-state index in [1.165, 1.54) is 0 Å². The van der Waals surface area contributed by atoms with Crippen LogP contribution in [0.2, 0.25) is 0 Å². The number of nitrogens with one attached hydrogen (secondary N) is 1. The van der Waals surface area contributed by atoms with Gasteiger partial charge in [-0.25, -0.2) is 4.79 Å². The zero-order valence-electron chi connectivity index (χ0n) is 8.47. The maximum absolute atomic E-state index is 10.8. The van der Waals surface area contributed by atoms with Crippen LogP contribution in [-0.4, -0.2) is 32.5 Å². The average Bonchev–Trinajstić information content (AvgIpc) is 2.11. The van der Waals surface area contributed by atoms with Crippen molar-refractivity contribution in [3.63, 3.8) is 0 Å². The summed E-state index contributed by atoms with van der Waals surface area (Å²) in [6.45, 7) is 6.36. The van der Waals surface area contributed by atoms with E-state index in [2.05, 4.69) is 17.0 Å². The van der Waals surface area contributed by atoms with Gasteiger partial charge in [-0.2, -0.15) is 0 Å². The molecule has 4 nitrogen and oxygen atoms in total. The molecule has 0 aromatic carbocycles. The number of amides is 1. The summed E-state index contributed by atoms with van der Waals surface area (Å²) < 4.78 is 9.91. The third-order valence-electron chi connectivity index (χ3n) is 1.36. The van der Waals surface area contributed by atoms with Gasteiger partial charge in [-0.05, 0) is 19.8 Å². The number of ether oxygens (including phenoxy) is 2. The van der Waals surface area contributed by atoms with Crippen LogP contribution < -0.4 is 5.32 Å². The first-order valence-corrected chi connectivity index (χ1v) is 4.79. The van der Waals surface area contributed by atoms with Crippen molar-refractivity contribution >= 4 is 6.09 Å². The van der Waals surface area contributed by atoms with E-state index in [4.69, 9.17) is 4.74 Å². The lowest BCUT2D eigenvalue weighted by Crippen LogP contribution is -2.26. The molecule has 0 saturated heterocycles. The first-order chi connectivity index (χ1) is 6.31. The predicted molar refractivity (Wildman–Crippen MR) is 50.8 cm³/mol. The molecule has 0 heterocycles. The summed E-state index contributed by atoms with van der Waals surface area (Å²) in [5, 5.41) is 2.62. The Labute approximate surface area is 79.6 Å². The Morgan fingerprint density at radius 1 is 1.31 bits per heavy atom. The molecule has 0 aliphatic rings. The minimum Gasteiger partial charge on any atom is -0.450 e. The third-order valence-corrected chi connectivity index (χ3v) is 1.36. The van der Waals surface area contributed by atoms with E-state index in [9.17, 15) is 4.79 Å². The topological polar surface area (TPSA) is 47.6 Å². The molecule has 1 amide bonds. The van der Waals surface area contributed by atoms with Crippen LogP contribution in [0.25, 0.3) is 0 Å². The number of rotatable bonds is 7. The molecule has 0 aromatic heterocycles. The second kappa shape index (κ2) is 9.32. The summed E-state index contributed by atoms with van der Waals surface area (Å²) >= 11 is 0. The molecular weight excluding hydrogens is 170 g/mol. The molecule has 0 atom stereocenters. The largest absolute Gasteiger partial charge is 0.450 e. The summed E-state index contributed by atoms with van der Waals surface area (Å²) in [5.41, 5.74) is 0. The molecule has 0 aromatic rings. The second-order valence-electron chi connectivity index (χ2n) is 2.61. The second-order valence-corrected chi connectivity index (χ2v) is 2.61. The van der Waals surface area contributed by atoms with Crippen LogP contribution in [0, 0.1) is 0 Å². The molecule has 0 aliphatic carbocycles. The van der Waals surface area contributed by atoms with Gasteiger partial charge in [0.2, 0.25) is 0 Å². The Bertz CT molecular complexity index is 128. The van der Waals surface area contributed by atoms with Crippen LogP contribution in [0.3, 0.4) is 0 Å². The molecule has 0 spiro atoms. The quantitative estimate of drug-likeness (QED) is 0.618. The predicted octanol–water partition coefficient (Wildman–Crippen LogP) is 1.55. The number of hydrogen-bond acceptors (Lipinski definition) is 3. The SMILES string of the molecule is CCCOCCCNC(=O)OCC. The summed E-state index contributed by atoms with van der Waals surface area (Å²) in [5.74, 6) is 0. The normalized spacial score (nSPS) is 9.69. The molecule has 0 unspecified atom stereocenters. The highest BCUT2D eigenvalue weighted by Gasteiger charge is 1.97. The van der Waals surface area contributed by atoms with Crippen molar-refractivity contribution < 1.29 is 14.3 Å². The zero-order chi connectivity index (χ0) is 9.94. The molecule has 0 rings (SSSR count). The number of hydrogen-bond donors (Lipinski definition) is 1. The summed E-state index contributed by atoms with van der Waals surface area (Å²) in [6, 6.07) is 0. The van der Waals surface area contributed by atoms with E-state index in [1.807, 2.05) is 0 Å². The van der Waals surface area contributed by atoms with Gasteiger partial charge in [0.15, 0.2) is 0 Å². The number of carbonyl (C=O) groups excluding carboxylic acids is 1. The minimum atomic E-state index is -0.349. The van der Waals surface area contributed by atoms with Gasteiger partial charge in [-0.1, -0.05) is 6.92 Å². The highest BCUT2D eigenvalue weighted by Crippen LogP contribution is 1.84. The van der Waals surface area contributed by atoms with E-state index in [0.29, 0.717) is 19.8 Å². The van der Waals surface area contributed by atoms with Crippen molar-refractivity contribution in [2.45, 2.75) is 26.7 Å². The van der Waals surface area contributed by atoms with Crippen LogP contribution in [0.15, 0.2) is 0 Å². The van der Waals surface area contributed by atoms with Crippen molar-refractivity contribution in [1.29, 1.82) is 0 Å². The molecule has 0 radical (unpaired) electrons. The Kier molecular flexibility index (Phi) is 8.77. The zero-order valence-corrected chi connectivity index (χ0v) is 8.47. The number of alkyl carbamates (subject to hydrolysis) is 1. The lowest BCUT2D eigenvalue weighted by Gasteiger charge is -2.05. The van der Waals surface area contributed by atoms with Crippen molar-refractivity contribution in [2.24, 2.45) is 0 Å². The summed E-state index contributed by atoms with van der Waals surface area (Å²) in [4.78, 5) is 10.8. The van der Waals surface area contributed by atoms with Gasteiger partial charge in [-0.15, -0.1) is 0 Å². The van der Waals surface area contributed by atoms with E-state index in [-0.39, 0.29) is 6.09 Å². The van der Waals surface area contributed by atoms with E-state index in [1.54, 1.807) is 6.92 Å². The van der Waals surface area contributed by atoms with Crippen LogP contribution in [0.4, 0.5) is 4.79 Å². The van der Waals surface area contributed by atoms with Gasteiger partial charge >= 0.3 is 6.09 Å². The van der Waals surface area contributed by atoms with Gasteiger partial charge < -0.3 is 14.8 Å². The number of carbonyl (C=O) groups is 1. The third kappa shape index (κ3) is 9.14. The van der Waals surface area contributed by atoms with Gasteiger partial charge in [0.25, 0.3) is 0 Å². The van der Waals surface area contributed by atoms with E-state index >= 15 is 0 Å². The van der Waals surface area contributed by atoms with Gasteiger partial charge in [0, 0.05) is 19.8 Å². The fraction of sp³-hybridized carbons (Fsp3) is 0.889. The van der Waals surface area contributed by atoms with Crippen molar-refractivity contribution in [3.05, 3.63) is 0 Å². The summed E-state index contributed by atoms with van der Waals surface area (Å²) in [7, 11) is 0. The van der Waals surface area contributed by atoms with Crippen molar-refractivity contribution in [2.75, 3.05) is 26.4 Å². The van der Waals surface area contributed by atoms with Crippen molar-refractivity contribution in [3.8, 4) is 0 Å². The maximum Gasteiger partial charge on any atom is 0.407 e. The first kappa shape index (κ1) is 12.2. The monoisotopic (exact) mass is 189 g/mol. The average molecular weight is 189 g/mol. The van der Waals surface area contributed by atoms with Gasteiger partial charge in [-0.3, -0.25) is 0 Å². The first-order valence-electron chi connectivity index (χ1n) is 4.79. The highest BCUT2D eigenvalue weighted by atomic mass is 16.5. The molecule has 0 bridgehead atoms. The van der Waals surface area contributed by atoms with Crippen LogP contribution in [0.5, 0.6) is 0 Å². The van der Waals surface area contributed by atoms with Crippen LogP contribution >= 0.6 is 0 Å². The Morgan fingerprint density at radius 2 is 2.08 bits per heavy atom. The molecule has 0 aliphatic heterocycles. The molecule has 0 saturated carbocycles.